The second kappa shape index (κ2) is 6.04. The van der Waals surface area contributed by atoms with Crippen molar-refractivity contribution in [2.24, 2.45) is 0 Å². The Bertz CT molecular complexity index is 653. The van der Waals surface area contributed by atoms with Gasteiger partial charge in [-0.1, -0.05) is 30.3 Å². The lowest BCUT2D eigenvalue weighted by atomic mass is 10.00. The maximum atomic E-state index is 11.3. The highest BCUT2D eigenvalue weighted by molar-refractivity contribution is 5.69. The van der Waals surface area contributed by atoms with Crippen molar-refractivity contribution in [1.82, 2.24) is 9.97 Å². The van der Waals surface area contributed by atoms with Gasteiger partial charge in [0.05, 0.1) is 11.4 Å². The summed E-state index contributed by atoms with van der Waals surface area (Å²) in [6.45, 7) is 1.40. The van der Waals surface area contributed by atoms with Crippen LogP contribution in [-0.4, -0.2) is 15.9 Å². The molecule has 4 nitrogen and oxygen atoms in total. The van der Waals surface area contributed by atoms with E-state index in [1.165, 1.54) is 6.92 Å². The number of ether oxygens (including phenoxy) is 1. The van der Waals surface area contributed by atoms with Gasteiger partial charge in [0.15, 0.2) is 0 Å². The number of fused-ring (bicyclic) bond motifs is 1. The van der Waals surface area contributed by atoms with Crippen LogP contribution in [0.5, 0.6) is 5.88 Å². The smallest absolute Gasteiger partial charge is 0.309 e. The summed E-state index contributed by atoms with van der Waals surface area (Å²) in [5.41, 5.74) is 3.92. The number of benzene rings is 1. The van der Waals surface area contributed by atoms with E-state index in [1.54, 1.807) is 0 Å². The van der Waals surface area contributed by atoms with Crippen molar-refractivity contribution >= 4 is 5.97 Å². The first kappa shape index (κ1) is 13.7. The molecule has 0 saturated carbocycles. The van der Waals surface area contributed by atoms with Gasteiger partial charge < -0.3 is 4.74 Å². The number of rotatable bonds is 3. The molecule has 2 aromatic rings. The lowest BCUT2D eigenvalue weighted by Crippen LogP contribution is -2.14. The number of carbonyl (C=O) groups excluding carboxylic acids is 1. The van der Waals surface area contributed by atoms with Gasteiger partial charge in [-0.25, -0.2) is 9.97 Å². The summed E-state index contributed by atoms with van der Waals surface area (Å²) >= 11 is 0. The van der Waals surface area contributed by atoms with E-state index in [-0.39, 0.29) is 5.97 Å². The molecule has 108 valence electrons. The van der Waals surface area contributed by atoms with E-state index < -0.39 is 0 Å². The Morgan fingerprint density at radius 1 is 1.10 bits per heavy atom. The fourth-order valence-electron chi connectivity index (χ4n) is 2.63. The number of esters is 1. The molecule has 0 aliphatic heterocycles. The first-order valence-corrected chi connectivity index (χ1v) is 7.33. The van der Waals surface area contributed by atoms with Crippen molar-refractivity contribution in [1.29, 1.82) is 0 Å². The van der Waals surface area contributed by atoms with Gasteiger partial charge in [-0.15, -0.1) is 0 Å². The maximum Gasteiger partial charge on any atom is 0.309 e. The van der Waals surface area contributed by atoms with E-state index in [0.717, 1.165) is 48.3 Å². The van der Waals surface area contributed by atoms with Crippen molar-refractivity contribution in [3.63, 3.8) is 0 Å². The zero-order chi connectivity index (χ0) is 14.7. The number of aromatic nitrogens is 2. The Morgan fingerprint density at radius 2 is 1.76 bits per heavy atom. The van der Waals surface area contributed by atoms with Gasteiger partial charge in [0.2, 0.25) is 5.88 Å². The fourth-order valence-corrected chi connectivity index (χ4v) is 2.63. The van der Waals surface area contributed by atoms with Gasteiger partial charge in [0.25, 0.3) is 0 Å². The highest BCUT2D eigenvalue weighted by Crippen LogP contribution is 2.24. The van der Waals surface area contributed by atoms with E-state index in [2.05, 4.69) is 4.98 Å². The molecule has 0 N–H and O–H groups in total. The molecule has 0 radical (unpaired) electrons. The quantitative estimate of drug-likeness (QED) is 0.812. The second-order valence-electron chi connectivity index (χ2n) is 5.33. The summed E-state index contributed by atoms with van der Waals surface area (Å²) in [5, 5.41) is 0. The SMILES string of the molecule is CC(=O)Oc1nc2c(nc1Cc1ccccc1)CCCC2. The normalized spacial score (nSPS) is 13.6. The Labute approximate surface area is 124 Å². The lowest BCUT2D eigenvalue weighted by Gasteiger charge is -2.17. The molecule has 0 saturated heterocycles. The van der Waals surface area contributed by atoms with Crippen molar-refractivity contribution in [2.75, 3.05) is 0 Å². The standard InChI is InChI=1S/C17H18N2O2/c1-12(20)21-17-16(11-13-7-3-2-4-8-13)18-14-9-5-6-10-15(14)19-17/h2-4,7-8H,5-6,9-11H2,1H3. The maximum absolute atomic E-state index is 11.3. The first-order valence-electron chi connectivity index (χ1n) is 7.33. The Hall–Kier alpha value is -2.23. The van der Waals surface area contributed by atoms with Crippen LogP contribution in [0.4, 0.5) is 0 Å². The molecule has 3 rings (SSSR count). The van der Waals surface area contributed by atoms with Gasteiger partial charge in [-0.3, -0.25) is 4.79 Å². The highest BCUT2D eigenvalue weighted by Gasteiger charge is 2.18. The van der Waals surface area contributed by atoms with Crippen LogP contribution in [0.15, 0.2) is 30.3 Å². The van der Waals surface area contributed by atoms with Gasteiger partial charge in [0, 0.05) is 13.3 Å². The van der Waals surface area contributed by atoms with Crippen LogP contribution < -0.4 is 4.74 Å². The molecular formula is C17H18N2O2. The first-order chi connectivity index (χ1) is 10.2. The largest absolute Gasteiger partial charge is 0.406 e. The number of hydrogen-bond donors (Lipinski definition) is 0. The lowest BCUT2D eigenvalue weighted by molar-refractivity contribution is -0.132. The average Bonchev–Trinajstić information content (AvgIpc) is 2.48. The topological polar surface area (TPSA) is 52.1 Å². The Morgan fingerprint density at radius 3 is 2.43 bits per heavy atom. The molecule has 1 aliphatic carbocycles. The molecule has 1 aromatic heterocycles. The molecule has 1 heterocycles. The molecule has 1 aromatic carbocycles. The van der Waals surface area contributed by atoms with Crippen LogP contribution in [0.25, 0.3) is 0 Å². The molecule has 0 amide bonds. The number of aryl methyl sites for hydroxylation is 2. The molecule has 0 spiro atoms. The summed E-state index contributed by atoms with van der Waals surface area (Å²) in [7, 11) is 0. The van der Waals surface area contributed by atoms with Gasteiger partial charge in [-0.2, -0.15) is 0 Å². The fraction of sp³-hybridized carbons (Fsp3) is 0.353. The molecule has 1 aliphatic rings. The summed E-state index contributed by atoms with van der Waals surface area (Å²) in [5.74, 6) is 0.0152. The Balaban J connectivity index is 1.97. The van der Waals surface area contributed by atoms with Crippen LogP contribution in [0, 0.1) is 0 Å². The highest BCUT2D eigenvalue weighted by atomic mass is 16.5. The van der Waals surface area contributed by atoms with E-state index in [4.69, 9.17) is 9.72 Å². The van der Waals surface area contributed by atoms with Crippen LogP contribution in [0.1, 0.15) is 42.4 Å². The molecule has 0 fully saturated rings. The average molecular weight is 282 g/mol. The van der Waals surface area contributed by atoms with Crippen molar-refractivity contribution in [2.45, 2.75) is 39.0 Å². The number of hydrogen-bond acceptors (Lipinski definition) is 4. The summed E-state index contributed by atoms with van der Waals surface area (Å²) in [6, 6.07) is 10.0. The molecular weight excluding hydrogens is 264 g/mol. The van der Waals surface area contributed by atoms with E-state index in [9.17, 15) is 4.79 Å². The molecule has 0 unspecified atom stereocenters. The predicted molar refractivity (Wildman–Crippen MR) is 79.2 cm³/mol. The van der Waals surface area contributed by atoms with Crippen molar-refractivity contribution in [3.05, 3.63) is 53.0 Å². The minimum absolute atomic E-state index is 0.352. The van der Waals surface area contributed by atoms with E-state index in [0.29, 0.717) is 12.3 Å². The van der Waals surface area contributed by atoms with E-state index >= 15 is 0 Å². The van der Waals surface area contributed by atoms with Crippen LogP contribution in [0.3, 0.4) is 0 Å². The number of carbonyl (C=O) groups is 1. The number of nitrogens with zero attached hydrogens (tertiary/aromatic N) is 2. The van der Waals surface area contributed by atoms with Crippen molar-refractivity contribution in [3.8, 4) is 5.88 Å². The summed E-state index contributed by atoms with van der Waals surface area (Å²) in [6.07, 6.45) is 4.79. The third-order valence-corrected chi connectivity index (χ3v) is 3.62. The predicted octanol–water partition coefficient (Wildman–Crippen LogP) is 2.87. The summed E-state index contributed by atoms with van der Waals surface area (Å²) in [4.78, 5) is 20.6. The zero-order valence-electron chi connectivity index (χ0n) is 12.1. The monoisotopic (exact) mass is 282 g/mol. The summed E-state index contributed by atoms with van der Waals surface area (Å²) < 4.78 is 5.27. The van der Waals surface area contributed by atoms with E-state index in [1.807, 2.05) is 30.3 Å². The molecule has 0 atom stereocenters. The third-order valence-electron chi connectivity index (χ3n) is 3.62. The van der Waals surface area contributed by atoms with Crippen LogP contribution in [0.2, 0.25) is 0 Å². The van der Waals surface area contributed by atoms with Gasteiger partial charge in [-0.05, 0) is 31.2 Å². The second-order valence-corrected chi connectivity index (χ2v) is 5.33. The van der Waals surface area contributed by atoms with Crippen LogP contribution in [-0.2, 0) is 24.1 Å². The van der Waals surface area contributed by atoms with Crippen molar-refractivity contribution < 1.29 is 9.53 Å². The van der Waals surface area contributed by atoms with Gasteiger partial charge >= 0.3 is 5.97 Å². The Kier molecular flexibility index (Phi) is 3.95. The van der Waals surface area contributed by atoms with Gasteiger partial charge in [0.1, 0.15) is 5.69 Å². The molecule has 0 bridgehead atoms. The minimum atomic E-state index is -0.352. The molecule has 21 heavy (non-hydrogen) atoms. The molecule has 4 heteroatoms. The zero-order valence-corrected chi connectivity index (χ0v) is 12.1. The van der Waals surface area contributed by atoms with Crippen LogP contribution >= 0.6 is 0 Å². The third kappa shape index (κ3) is 3.27. The minimum Gasteiger partial charge on any atom is -0.406 e.